The van der Waals surface area contributed by atoms with E-state index in [2.05, 4.69) is 5.32 Å². The Kier molecular flexibility index (Phi) is 11.0. The molecular weight excluding hydrogens is 482 g/mol. The molecule has 198 valence electrons. The van der Waals surface area contributed by atoms with Crippen LogP contribution in [0.5, 0.6) is 11.5 Å². The molecule has 0 aliphatic rings. The first-order valence-electron chi connectivity index (χ1n) is 12.0. The highest BCUT2D eigenvalue weighted by atomic mass is 32.2. The number of hydrogen-bond acceptors (Lipinski definition) is 6. The van der Waals surface area contributed by atoms with Crippen molar-refractivity contribution in [2.24, 2.45) is 0 Å². The normalized spacial score (nSPS) is 11.9. The Bertz CT molecular complexity index is 1110. The maximum absolute atomic E-state index is 13.7. The SMILES string of the molecule is CCCNC(=O)[C@H](CC)N(CCc1ccccc1)C(=O)CN(c1cc(OC)ccc1OC)S(C)(=O)=O. The number of carbonyl (C=O) groups excluding carboxylic acids is 2. The van der Waals surface area contributed by atoms with Gasteiger partial charge in [0.25, 0.3) is 0 Å². The molecule has 10 heteroatoms. The largest absolute Gasteiger partial charge is 0.497 e. The predicted molar refractivity (Wildman–Crippen MR) is 141 cm³/mol. The summed E-state index contributed by atoms with van der Waals surface area (Å²) < 4.78 is 37.3. The van der Waals surface area contributed by atoms with Gasteiger partial charge in [0.05, 0.1) is 26.2 Å². The molecule has 0 saturated carbocycles. The Morgan fingerprint density at radius 2 is 1.72 bits per heavy atom. The van der Waals surface area contributed by atoms with Gasteiger partial charge in [0.1, 0.15) is 24.1 Å². The van der Waals surface area contributed by atoms with Crippen LogP contribution in [0.15, 0.2) is 48.5 Å². The number of benzene rings is 2. The monoisotopic (exact) mass is 519 g/mol. The summed E-state index contributed by atoms with van der Waals surface area (Å²) in [6, 6.07) is 13.6. The van der Waals surface area contributed by atoms with Crippen LogP contribution >= 0.6 is 0 Å². The molecule has 36 heavy (non-hydrogen) atoms. The second kappa shape index (κ2) is 13.7. The lowest BCUT2D eigenvalue weighted by Gasteiger charge is -2.33. The fraction of sp³-hybridized carbons (Fsp3) is 0.462. The summed E-state index contributed by atoms with van der Waals surface area (Å²) in [7, 11) is -1.00. The Labute approximate surface area is 214 Å². The number of anilines is 1. The van der Waals surface area contributed by atoms with Gasteiger partial charge in [-0.05, 0) is 37.0 Å². The Balaban J connectivity index is 2.44. The molecule has 2 aromatic rings. The third kappa shape index (κ3) is 7.87. The number of hydrogen-bond donors (Lipinski definition) is 1. The lowest BCUT2D eigenvalue weighted by Crippen LogP contribution is -2.53. The van der Waals surface area contributed by atoms with Crippen molar-refractivity contribution >= 4 is 27.5 Å². The van der Waals surface area contributed by atoms with Crippen LogP contribution in [-0.2, 0) is 26.0 Å². The average molecular weight is 520 g/mol. The first-order valence-corrected chi connectivity index (χ1v) is 13.8. The number of ether oxygens (including phenoxy) is 2. The predicted octanol–water partition coefficient (Wildman–Crippen LogP) is 2.85. The van der Waals surface area contributed by atoms with Crippen LogP contribution in [0.4, 0.5) is 5.69 Å². The molecule has 2 rings (SSSR count). The van der Waals surface area contributed by atoms with Gasteiger partial charge in [-0.1, -0.05) is 44.2 Å². The summed E-state index contributed by atoms with van der Waals surface area (Å²) >= 11 is 0. The van der Waals surface area contributed by atoms with Gasteiger partial charge in [-0.25, -0.2) is 8.42 Å². The average Bonchev–Trinajstić information content (AvgIpc) is 2.87. The summed E-state index contributed by atoms with van der Waals surface area (Å²) in [6.07, 6.45) is 2.69. The highest BCUT2D eigenvalue weighted by Crippen LogP contribution is 2.33. The fourth-order valence-corrected chi connectivity index (χ4v) is 4.69. The topological polar surface area (TPSA) is 105 Å². The maximum atomic E-state index is 13.7. The van der Waals surface area contributed by atoms with Crippen LogP contribution in [0.2, 0.25) is 0 Å². The van der Waals surface area contributed by atoms with Crippen LogP contribution in [-0.4, -0.2) is 71.3 Å². The number of rotatable bonds is 14. The first-order chi connectivity index (χ1) is 17.2. The van der Waals surface area contributed by atoms with E-state index in [1.165, 1.54) is 25.2 Å². The van der Waals surface area contributed by atoms with E-state index in [1.807, 2.05) is 44.2 Å². The zero-order chi connectivity index (χ0) is 26.7. The molecule has 0 spiro atoms. The molecule has 0 aliphatic carbocycles. The van der Waals surface area contributed by atoms with E-state index in [9.17, 15) is 18.0 Å². The molecule has 0 saturated heterocycles. The van der Waals surface area contributed by atoms with E-state index in [1.54, 1.807) is 12.1 Å². The van der Waals surface area contributed by atoms with E-state index in [-0.39, 0.29) is 23.9 Å². The third-order valence-electron chi connectivity index (χ3n) is 5.75. The molecule has 1 atom stereocenters. The van der Waals surface area contributed by atoms with Crippen molar-refractivity contribution in [1.29, 1.82) is 0 Å². The van der Waals surface area contributed by atoms with Gasteiger partial charge in [-0.15, -0.1) is 0 Å². The first kappa shape index (κ1) is 29.0. The molecule has 0 fully saturated rings. The number of nitrogens with zero attached hydrogens (tertiary/aromatic N) is 2. The Hall–Kier alpha value is -3.27. The molecule has 0 aliphatic heterocycles. The second-order valence-electron chi connectivity index (χ2n) is 8.35. The molecule has 0 aromatic heterocycles. The summed E-state index contributed by atoms with van der Waals surface area (Å²) in [5.41, 5.74) is 1.19. The quantitative estimate of drug-likeness (QED) is 0.412. The highest BCUT2D eigenvalue weighted by molar-refractivity contribution is 7.92. The lowest BCUT2D eigenvalue weighted by atomic mass is 10.1. The summed E-state index contributed by atoms with van der Waals surface area (Å²) in [5, 5.41) is 2.86. The summed E-state index contributed by atoms with van der Waals surface area (Å²) in [5.74, 6) is -0.0545. The number of sulfonamides is 1. The van der Waals surface area contributed by atoms with Crippen molar-refractivity contribution in [1.82, 2.24) is 10.2 Å². The molecule has 0 bridgehead atoms. The van der Waals surface area contributed by atoms with Gasteiger partial charge in [-0.2, -0.15) is 0 Å². The second-order valence-corrected chi connectivity index (χ2v) is 10.3. The summed E-state index contributed by atoms with van der Waals surface area (Å²) in [4.78, 5) is 28.1. The number of amides is 2. The van der Waals surface area contributed by atoms with Gasteiger partial charge in [-0.3, -0.25) is 13.9 Å². The minimum atomic E-state index is -3.89. The van der Waals surface area contributed by atoms with Gasteiger partial charge >= 0.3 is 0 Å². The van der Waals surface area contributed by atoms with Gasteiger partial charge in [0.2, 0.25) is 21.8 Å². The van der Waals surface area contributed by atoms with Crippen LogP contribution in [0.25, 0.3) is 0 Å². The molecule has 2 amide bonds. The minimum Gasteiger partial charge on any atom is -0.497 e. The van der Waals surface area contributed by atoms with Crippen molar-refractivity contribution in [2.45, 2.75) is 39.2 Å². The molecular formula is C26H37N3O6S. The zero-order valence-corrected chi connectivity index (χ0v) is 22.5. The molecule has 2 aromatic carbocycles. The molecule has 9 nitrogen and oxygen atoms in total. The molecule has 0 heterocycles. The van der Waals surface area contributed by atoms with E-state index in [0.717, 1.165) is 22.5 Å². The number of methoxy groups -OCH3 is 2. The standard InChI is InChI=1S/C26H37N3O6S/c1-6-16-27-26(31)22(7-2)28(17-15-20-11-9-8-10-12-20)25(30)19-29(36(5,32)33)23-18-21(34-3)13-14-24(23)35-4/h8-14,18,22H,6-7,15-17,19H2,1-5H3,(H,27,31)/t22-/m0/s1. The fourth-order valence-electron chi connectivity index (χ4n) is 3.85. The van der Waals surface area contributed by atoms with Crippen molar-refractivity contribution < 1.29 is 27.5 Å². The van der Waals surface area contributed by atoms with Crippen molar-refractivity contribution in [3.8, 4) is 11.5 Å². The van der Waals surface area contributed by atoms with Crippen molar-refractivity contribution in [3.05, 3.63) is 54.1 Å². The van der Waals surface area contributed by atoms with Crippen LogP contribution < -0.4 is 19.1 Å². The Morgan fingerprint density at radius 1 is 1.03 bits per heavy atom. The zero-order valence-electron chi connectivity index (χ0n) is 21.7. The number of carbonyl (C=O) groups is 2. The van der Waals surface area contributed by atoms with Crippen LogP contribution in [0.3, 0.4) is 0 Å². The van der Waals surface area contributed by atoms with Crippen molar-refractivity contribution in [3.63, 3.8) is 0 Å². The van der Waals surface area contributed by atoms with Gasteiger partial charge in [0, 0.05) is 19.2 Å². The number of nitrogens with one attached hydrogen (secondary N) is 1. The van der Waals surface area contributed by atoms with E-state index >= 15 is 0 Å². The minimum absolute atomic E-state index is 0.180. The van der Waals surface area contributed by atoms with Crippen LogP contribution in [0, 0.1) is 0 Å². The smallest absolute Gasteiger partial charge is 0.244 e. The van der Waals surface area contributed by atoms with Gasteiger partial charge in [0.15, 0.2) is 0 Å². The van der Waals surface area contributed by atoms with E-state index < -0.39 is 28.5 Å². The van der Waals surface area contributed by atoms with E-state index in [0.29, 0.717) is 25.1 Å². The molecule has 0 radical (unpaired) electrons. The Morgan fingerprint density at radius 3 is 2.28 bits per heavy atom. The highest BCUT2D eigenvalue weighted by Gasteiger charge is 2.32. The van der Waals surface area contributed by atoms with Crippen LogP contribution in [0.1, 0.15) is 32.3 Å². The van der Waals surface area contributed by atoms with Crippen molar-refractivity contribution in [2.75, 3.05) is 44.4 Å². The van der Waals surface area contributed by atoms with Gasteiger partial charge < -0.3 is 19.7 Å². The maximum Gasteiger partial charge on any atom is 0.244 e. The lowest BCUT2D eigenvalue weighted by molar-refractivity contribution is -0.139. The summed E-state index contributed by atoms with van der Waals surface area (Å²) in [6.45, 7) is 4.04. The third-order valence-corrected chi connectivity index (χ3v) is 6.88. The molecule has 1 N–H and O–H groups in total. The molecule has 0 unspecified atom stereocenters. The van der Waals surface area contributed by atoms with E-state index in [4.69, 9.17) is 9.47 Å².